The first kappa shape index (κ1) is 65.6. The Bertz CT molecular complexity index is 1330. The summed E-state index contributed by atoms with van der Waals surface area (Å²) in [5.74, 6) is -0.905. The molecule has 0 radical (unpaired) electrons. The Hall–Kier alpha value is -3.41. The fourth-order valence-corrected chi connectivity index (χ4v) is 8.00. The molecule has 0 aliphatic heterocycles. The highest BCUT2D eigenvalue weighted by molar-refractivity contribution is 5.71. The molecule has 0 saturated carbocycles. The maximum atomic E-state index is 12.8. The van der Waals surface area contributed by atoms with E-state index in [4.69, 9.17) is 14.2 Å². The summed E-state index contributed by atoms with van der Waals surface area (Å²) in [5.41, 5.74) is 0. The third-order valence-electron chi connectivity index (χ3n) is 12.3. The predicted octanol–water partition coefficient (Wildman–Crippen LogP) is 19.5. The van der Waals surface area contributed by atoms with E-state index in [1.165, 1.54) is 116 Å². The Balaban J connectivity index is 4.28. The second kappa shape index (κ2) is 57.2. The van der Waals surface area contributed by atoms with Gasteiger partial charge in [0.25, 0.3) is 0 Å². The molecule has 0 aromatic heterocycles. The predicted molar refractivity (Wildman–Crippen MR) is 297 cm³/mol. The van der Waals surface area contributed by atoms with Crippen LogP contribution >= 0.6 is 0 Å². The van der Waals surface area contributed by atoms with E-state index in [0.717, 1.165) is 122 Å². The summed E-state index contributed by atoms with van der Waals surface area (Å²) in [5, 5.41) is 0. The van der Waals surface area contributed by atoms with Gasteiger partial charge in [-0.05, 0) is 109 Å². The molecule has 1 unspecified atom stereocenters. The van der Waals surface area contributed by atoms with Gasteiger partial charge in [-0.25, -0.2) is 0 Å². The minimum atomic E-state index is -0.786. The van der Waals surface area contributed by atoms with Gasteiger partial charge in [0, 0.05) is 19.3 Å². The fraction of sp³-hybridized carbons (Fsp3) is 0.730. The van der Waals surface area contributed by atoms with Crippen molar-refractivity contribution in [2.45, 2.75) is 284 Å². The maximum absolute atomic E-state index is 12.8. The van der Waals surface area contributed by atoms with Crippen LogP contribution in [0.3, 0.4) is 0 Å². The van der Waals surface area contributed by atoms with Gasteiger partial charge in [-0.2, -0.15) is 0 Å². The Morgan fingerprint density at radius 2 is 0.594 bits per heavy atom. The molecule has 0 N–H and O–H groups in total. The monoisotopic (exact) mass is 961 g/mol. The van der Waals surface area contributed by atoms with Gasteiger partial charge in [-0.3, -0.25) is 14.4 Å². The normalized spacial score (nSPS) is 12.7. The molecule has 396 valence electrons. The van der Waals surface area contributed by atoms with Gasteiger partial charge in [0.15, 0.2) is 6.10 Å². The lowest BCUT2D eigenvalue weighted by Crippen LogP contribution is -2.30. The first-order valence-corrected chi connectivity index (χ1v) is 29.1. The van der Waals surface area contributed by atoms with Gasteiger partial charge < -0.3 is 14.2 Å². The van der Waals surface area contributed by atoms with Gasteiger partial charge in [0.05, 0.1) is 0 Å². The van der Waals surface area contributed by atoms with E-state index >= 15 is 0 Å². The molecule has 0 aliphatic carbocycles. The molecule has 0 fully saturated rings. The maximum Gasteiger partial charge on any atom is 0.306 e. The van der Waals surface area contributed by atoms with E-state index in [2.05, 4.69) is 106 Å². The van der Waals surface area contributed by atoms with Gasteiger partial charge in [-0.15, -0.1) is 0 Å². The second-order valence-corrected chi connectivity index (χ2v) is 19.2. The van der Waals surface area contributed by atoms with Crippen molar-refractivity contribution in [2.75, 3.05) is 13.2 Å². The summed E-state index contributed by atoms with van der Waals surface area (Å²) in [7, 11) is 0. The Morgan fingerprint density at radius 3 is 0.957 bits per heavy atom. The van der Waals surface area contributed by atoms with Crippen LogP contribution in [0.25, 0.3) is 0 Å². The van der Waals surface area contributed by atoms with Crippen molar-refractivity contribution in [3.05, 3.63) is 85.1 Å². The highest BCUT2D eigenvalue weighted by Crippen LogP contribution is 2.15. The SMILES string of the molecule is CC/C=C\C/C=C\C/C=C\C/C=C\C/C=C\CCCCCCCCCCCC(=O)OCC(COC(=O)CCCCCCC/C=C\CCC)OC(=O)CCCCCCC/C=C\CCCCCCCCC. The van der Waals surface area contributed by atoms with Crippen LogP contribution in [0.4, 0.5) is 0 Å². The summed E-state index contributed by atoms with van der Waals surface area (Å²) in [6, 6.07) is 0. The molecule has 0 aromatic carbocycles. The average molecular weight is 962 g/mol. The second-order valence-electron chi connectivity index (χ2n) is 19.2. The summed E-state index contributed by atoms with van der Waals surface area (Å²) >= 11 is 0. The molecular weight excluding hydrogens is 853 g/mol. The fourth-order valence-electron chi connectivity index (χ4n) is 8.00. The first-order valence-electron chi connectivity index (χ1n) is 29.1. The number of carbonyl (C=O) groups is 3. The van der Waals surface area contributed by atoms with E-state index in [0.29, 0.717) is 19.3 Å². The van der Waals surface area contributed by atoms with Crippen molar-refractivity contribution in [3.8, 4) is 0 Å². The van der Waals surface area contributed by atoms with Gasteiger partial charge >= 0.3 is 17.9 Å². The van der Waals surface area contributed by atoms with Crippen LogP contribution < -0.4 is 0 Å². The topological polar surface area (TPSA) is 78.9 Å². The number of carbonyl (C=O) groups excluding carboxylic acids is 3. The smallest absolute Gasteiger partial charge is 0.306 e. The highest BCUT2D eigenvalue weighted by Gasteiger charge is 2.19. The summed E-state index contributed by atoms with van der Waals surface area (Å²) in [6.45, 7) is 6.45. The molecule has 1 atom stereocenters. The average Bonchev–Trinajstić information content (AvgIpc) is 3.35. The number of ether oxygens (including phenoxy) is 3. The van der Waals surface area contributed by atoms with E-state index in [1.807, 2.05) is 0 Å². The van der Waals surface area contributed by atoms with Crippen LogP contribution in [0.5, 0.6) is 0 Å². The Morgan fingerprint density at radius 1 is 0.304 bits per heavy atom. The van der Waals surface area contributed by atoms with Gasteiger partial charge in [0.1, 0.15) is 13.2 Å². The molecule has 0 saturated heterocycles. The first-order chi connectivity index (χ1) is 34.0. The number of hydrogen-bond acceptors (Lipinski definition) is 6. The van der Waals surface area contributed by atoms with Crippen molar-refractivity contribution in [1.82, 2.24) is 0 Å². The van der Waals surface area contributed by atoms with E-state index < -0.39 is 6.10 Å². The summed E-state index contributed by atoms with van der Waals surface area (Å²) < 4.78 is 16.8. The van der Waals surface area contributed by atoms with Crippen LogP contribution in [0.15, 0.2) is 85.1 Å². The lowest BCUT2D eigenvalue weighted by Gasteiger charge is -2.18. The van der Waals surface area contributed by atoms with Crippen LogP contribution in [-0.2, 0) is 28.6 Å². The van der Waals surface area contributed by atoms with E-state index in [9.17, 15) is 14.4 Å². The van der Waals surface area contributed by atoms with Crippen molar-refractivity contribution < 1.29 is 28.6 Å². The minimum Gasteiger partial charge on any atom is -0.462 e. The summed E-state index contributed by atoms with van der Waals surface area (Å²) in [6.07, 6.45) is 74.4. The van der Waals surface area contributed by atoms with Gasteiger partial charge in [0.2, 0.25) is 0 Å². The molecule has 0 rings (SSSR count). The number of hydrogen-bond donors (Lipinski definition) is 0. The molecular formula is C63H108O6. The van der Waals surface area contributed by atoms with Crippen molar-refractivity contribution in [3.63, 3.8) is 0 Å². The molecule has 6 heteroatoms. The molecule has 0 amide bonds. The number of rotatable bonds is 52. The molecule has 0 spiro atoms. The number of unbranched alkanes of at least 4 members (excludes halogenated alkanes) is 27. The molecule has 0 aromatic rings. The van der Waals surface area contributed by atoms with Crippen molar-refractivity contribution >= 4 is 17.9 Å². The van der Waals surface area contributed by atoms with Crippen LogP contribution in [0.1, 0.15) is 278 Å². The largest absolute Gasteiger partial charge is 0.462 e. The Kier molecular flexibility index (Phi) is 54.3. The van der Waals surface area contributed by atoms with E-state index in [-0.39, 0.29) is 31.1 Å². The summed E-state index contributed by atoms with van der Waals surface area (Å²) in [4.78, 5) is 38.1. The highest BCUT2D eigenvalue weighted by atomic mass is 16.6. The zero-order valence-corrected chi connectivity index (χ0v) is 45.3. The standard InChI is InChI=1S/C63H108O6/c1-4-7-10-13-16-19-22-24-26-28-29-30-31-32-33-34-35-36-38-39-41-44-47-50-53-56-62(65)68-59-60(58-67-61(64)55-52-49-46-43-21-18-15-12-9-6-3)69-63(66)57-54-51-48-45-42-40-37-27-25-23-20-17-14-11-8-5-2/h7,10,12,15-16,19,24,26-27,29-30,32-33,37,60H,4-6,8-9,11,13-14,17-18,20-23,25,28,31,34-36,38-59H2,1-3H3/b10-7-,15-12-,19-16-,26-24-,30-29-,33-32-,37-27-. The molecule has 6 nitrogen and oxygen atoms in total. The van der Waals surface area contributed by atoms with Crippen LogP contribution in [0.2, 0.25) is 0 Å². The lowest BCUT2D eigenvalue weighted by molar-refractivity contribution is -0.167. The third kappa shape index (κ3) is 55.4. The number of allylic oxidation sites excluding steroid dienone is 14. The molecule has 0 bridgehead atoms. The zero-order valence-electron chi connectivity index (χ0n) is 45.3. The van der Waals surface area contributed by atoms with Crippen molar-refractivity contribution in [1.29, 1.82) is 0 Å². The minimum absolute atomic E-state index is 0.0852. The van der Waals surface area contributed by atoms with Gasteiger partial charge in [-0.1, -0.05) is 234 Å². The lowest BCUT2D eigenvalue weighted by atomic mass is 10.1. The molecule has 69 heavy (non-hydrogen) atoms. The van der Waals surface area contributed by atoms with E-state index in [1.54, 1.807) is 0 Å². The third-order valence-corrected chi connectivity index (χ3v) is 12.3. The van der Waals surface area contributed by atoms with Crippen LogP contribution in [-0.4, -0.2) is 37.2 Å². The molecule has 0 aliphatic rings. The Labute approximate surface area is 426 Å². The molecule has 0 heterocycles. The van der Waals surface area contributed by atoms with Crippen molar-refractivity contribution in [2.24, 2.45) is 0 Å². The quantitative estimate of drug-likeness (QED) is 0.0262. The number of esters is 3. The zero-order chi connectivity index (χ0) is 50.0. The van der Waals surface area contributed by atoms with Crippen LogP contribution in [0, 0.1) is 0 Å².